The fourth-order valence-corrected chi connectivity index (χ4v) is 2.96. The van der Waals surface area contributed by atoms with E-state index in [4.69, 9.17) is 11.6 Å². The molecule has 0 radical (unpaired) electrons. The second-order valence-corrected chi connectivity index (χ2v) is 5.59. The maximum absolute atomic E-state index is 5.91. The highest BCUT2D eigenvalue weighted by atomic mass is 35.5. The lowest BCUT2D eigenvalue weighted by Gasteiger charge is -2.15. The average Bonchev–Trinajstić information content (AvgIpc) is 2.38. The Morgan fingerprint density at radius 1 is 1.00 bits per heavy atom. The molecule has 0 spiro atoms. The number of hydrogen-bond donors (Lipinski definition) is 0. The van der Waals surface area contributed by atoms with Crippen LogP contribution in [0.5, 0.6) is 0 Å². The van der Waals surface area contributed by atoms with E-state index in [2.05, 4.69) is 43.3 Å². The summed E-state index contributed by atoms with van der Waals surface area (Å²) in [5.41, 5.74) is 1.34. The summed E-state index contributed by atoms with van der Waals surface area (Å²) in [7, 11) is 0. The first-order chi connectivity index (χ1) is 8.29. The second kappa shape index (κ2) is 6.13. The molecule has 0 N–H and O–H groups in total. The van der Waals surface area contributed by atoms with Crippen LogP contribution in [-0.4, -0.2) is 0 Å². The van der Waals surface area contributed by atoms with Crippen molar-refractivity contribution in [2.24, 2.45) is 0 Å². The van der Waals surface area contributed by atoms with E-state index in [1.54, 1.807) is 0 Å². The monoisotopic (exact) mass is 262 g/mol. The summed E-state index contributed by atoms with van der Waals surface area (Å²) < 4.78 is 0. The lowest BCUT2D eigenvalue weighted by molar-refractivity contribution is 0.895. The normalized spacial score (nSPS) is 12.4. The molecular weight excluding hydrogens is 248 g/mol. The standard InChI is InChI=1S/C15H15ClS/c1-2-15(12-8-10-13(16)11-9-12)17-14-6-4-3-5-7-14/h3-11,15H,2H2,1H3/t15-/m0/s1. The van der Waals surface area contributed by atoms with Crippen LogP contribution in [0.2, 0.25) is 5.02 Å². The van der Waals surface area contributed by atoms with Crippen LogP contribution in [0.4, 0.5) is 0 Å². The van der Waals surface area contributed by atoms with Crippen molar-refractivity contribution in [2.45, 2.75) is 23.5 Å². The van der Waals surface area contributed by atoms with Crippen molar-refractivity contribution in [1.29, 1.82) is 0 Å². The summed E-state index contributed by atoms with van der Waals surface area (Å²) in [4.78, 5) is 1.31. The molecule has 0 aliphatic heterocycles. The molecule has 0 amide bonds. The van der Waals surface area contributed by atoms with E-state index in [0.717, 1.165) is 11.4 Å². The number of hydrogen-bond acceptors (Lipinski definition) is 1. The predicted molar refractivity (Wildman–Crippen MR) is 76.8 cm³/mol. The first kappa shape index (κ1) is 12.5. The topological polar surface area (TPSA) is 0 Å². The molecule has 2 aromatic carbocycles. The largest absolute Gasteiger partial charge is 0.118 e. The van der Waals surface area contributed by atoms with Gasteiger partial charge in [-0.25, -0.2) is 0 Å². The Balaban J connectivity index is 2.14. The van der Waals surface area contributed by atoms with E-state index in [1.807, 2.05) is 30.0 Å². The summed E-state index contributed by atoms with van der Waals surface area (Å²) >= 11 is 7.82. The Kier molecular flexibility index (Phi) is 4.52. The van der Waals surface area contributed by atoms with Crippen molar-refractivity contribution in [1.82, 2.24) is 0 Å². The Hall–Kier alpha value is -0.920. The molecule has 0 saturated carbocycles. The first-order valence-electron chi connectivity index (χ1n) is 5.76. The number of thioether (sulfide) groups is 1. The van der Waals surface area contributed by atoms with Gasteiger partial charge in [-0.1, -0.05) is 48.9 Å². The van der Waals surface area contributed by atoms with E-state index < -0.39 is 0 Å². The molecule has 0 fully saturated rings. The highest BCUT2D eigenvalue weighted by Gasteiger charge is 2.10. The van der Waals surface area contributed by atoms with E-state index in [-0.39, 0.29) is 0 Å². The maximum Gasteiger partial charge on any atom is 0.0406 e. The van der Waals surface area contributed by atoms with Crippen LogP contribution < -0.4 is 0 Å². The lowest BCUT2D eigenvalue weighted by atomic mass is 10.1. The number of benzene rings is 2. The van der Waals surface area contributed by atoms with Crippen molar-refractivity contribution in [3.63, 3.8) is 0 Å². The van der Waals surface area contributed by atoms with Crippen LogP contribution in [0.15, 0.2) is 59.5 Å². The Labute approximate surface area is 112 Å². The molecule has 0 bridgehead atoms. The van der Waals surface area contributed by atoms with E-state index in [0.29, 0.717) is 5.25 Å². The molecule has 2 rings (SSSR count). The van der Waals surface area contributed by atoms with Crippen LogP contribution in [0, 0.1) is 0 Å². The maximum atomic E-state index is 5.91. The van der Waals surface area contributed by atoms with Crippen LogP contribution in [0.25, 0.3) is 0 Å². The van der Waals surface area contributed by atoms with Gasteiger partial charge in [-0.2, -0.15) is 0 Å². The molecule has 1 atom stereocenters. The Bertz CT molecular complexity index is 450. The van der Waals surface area contributed by atoms with Gasteiger partial charge in [0.05, 0.1) is 0 Å². The lowest BCUT2D eigenvalue weighted by Crippen LogP contribution is -1.91. The SMILES string of the molecule is CC[C@H](Sc1ccccc1)c1ccc(Cl)cc1. The van der Waals surface area contributed by atoms with Crippen LogP contribution in [0.1, 0.15) is 24.2 Å². The van der Waals surface area contributed by atoms with Crippen molar-refractivity contribution in [3.05, 3.63) is 65.2 Å². The van der Waals surface area contributed by atoms with Gasteiger partial charge in [0.15, 0.2) is 0 Å². The van der Waals surface area contributed by atoms with Gasteiger partial charge < -0.3 is 0 Å². The van der Waals surface area contributed by atoms with Gasteiger partial charge in [-0.3, -0.25) is 0 Å². The smallest absolute Gasteiger partial charge is 0.0406 e. The molecule has 0 aliphatic rings. The van der Waals surface area contributed by atoms with Crippen LogP contribution in [-0.2, 0) is 0 Å². The van der Waals surface area contributed by atoms with E-state index in [1.165, 1.54) is 10.5 Å². The van der Waals surface area contributed by atoms with E-state index >= 15 is 0 Å². The molecule has 0 saturated heterocycles. The molecular formula is C15H15ClS. The Morgan fingerprint density at radius 3 is 2.24 bits per heavy atom. The minimum Gasteiger partial charge on any atom is -0.118 e. The molecule has 2 aromatic rings. The molecule has 0 heterocycles. The van der Waals surface area contributed by atoms with Crippen molar-refractivity contribution in [2.75, 3.05) is 0 Å². The zero-order valence-corrected chi connectivity index (χ0v) is 11.3. The highest BCUT2D eigenvalue weighted by Crippen LogP contribution is 2.37. The van der Waals surface area contributed by atoms with Crippen molar-refractivity contribution < 1.29 is 0 Å². The third-order valence-corrected chi connectivity index (χ3v) is 4.32. The third-order valence-electron chi connectivity index (χ3n) is 2.63. The molecule has 0 aliphatic carbocycles. The predicted octanol–water partition coefficient (Wildman–Crippen LogP) is 5.58. The molecule has 0 aromatic heterocycles. The Morgan fingerprint density at radius 2 is 1.65 bits per heavy atom. The molecule has 0 nitrogen and oxygen atoms in total. The first-order valence-corrected chi connectivity index (χ1v) is 7.02. The van der Waals surface area contributed by atoms with Gasteiger partial charge in [0.1, 0.15) is 0 Å². The molecule has 0 unspecified atom stereocenters. The summed E-state index contributed by atoms with van der Waals surface area (Å²) in [5, 5.41) is 1.29. The summed E-state index contributed by atoms with van der Waals surface area (Å²) in [6, 6.07) is 18.7. The third kappa shape index (κ3) is 3.52. The van der Waals surface area contributed by atoms with Gasteiger partial charge in [-0.05, 0) is 36.2 Å². The zero-order chi connectivity index (χ0) is 12.1. The molecule has 17 heavy (non-hydrogen) atoms. The number of rotatable bonds is 4. The fourth-order valence-electron chi connectivity index (χ4n) is 1.73. The van der Waals surface area contributed by atoms with Gasteiger partial charge in [0.2, 0.25) is 0 Å². The van der Waals surface area contributed by atoms with Crippen LogP contribution in [0.3, 0.4) is 0 Å². The van der Waals surface area contributed by atoms with Crippen LogP contribution >= 0.6 is 23.4 Å². The average molecular weight is 263 g/mol. The quantitative estimate of drug-likeness (QED) is 0.648. The van der Waals surface area contributed by atoms with Crippen molar-refractivity contribution >= 4 is 23.4 Å². The number of halogens is 1. The molecule has 88 valence electrons. The van der Waals surface area contributed by atoms with Crippen molar-refractivity contribution in [3.8, 4) is 0 Å². The summed E-state index contributed by atoms with van der Waals surface area (Å²) in [6.07, 6.45) is 1.11. The highest BCUT2D eigenvalue weighted by molar-refractivity contribution is 7.99. The second-order valence-electron chi connectivity index (χ2n) is 3.88. The minimum absolute atomic E-state index is 0.495. The minimum atomic E-state index is 0.495. The fraction of sp³-hybridized carbons (Fsp3) is 0.200. The van der Waals surface area contributed by atoms with Gasteiger partial charge >= 0.3 is 0 Å². The van der Waals surface area contributed by atoms with E-state index in [9.17, 15) is 0 Å². The molecule has 2 heteroatoms. The van der Waals surface area contributed by atoms with Gasteiger partial charge in [0.25, 0.3) is 0 Å². The van der Waals surface area contributed by atoms with Gasteiger partial charge in [-0.15, -0.1) is 11.8 Å². The van der Waals surface area contributed by atoms with Gasteiger partial charge in [0, 0.05) is 15.2 Å². The summed E-state index contributed by atoms with van der Waals surface area (Å²) in [5.74, 6) is 0. The summed E-state index contributed by atoms with van der Waals surface area (Å²) in [6.45, 7) is 2.22. The zero-order valence-electron chi connectivity index (χ0n) is 9.77.